The van der Waals surface area contributed by atoms with Crippen LogP contribution in [0.25, 0.3) is 0 Å². The number of benzene rings is 1. The summed E-state index contributed by atoms with van der Waals surface area (Å²) in [6, 6.07) is 6.00. The number of amides is 3. The van der Waals surface area contributed by atoms with Crippen LogP contribution in [-0.4, -0.2) is 59.7 Å². The fourth-order valence-corrected chi connectivity index (χ4v) is 5.32. The molecule has 2 saturated heterocycles. The molecule has 0 bridgehead atoms. The molecule has 2 unspecified atom stereocenters. The number of likely N-dealkylation sites (N-methyl/N-ethyl adjacent to an activating group) is 1. The van der Waals surface area contributed by atoms with Gasteiger partial charge in [0.05, 0.1) is 0 Å². The van der Waals surface area contributed by atoms with Gasteiger partial charge in [-0.2, -0.15) is 0 Å². The number of hydrogen-bond donors (Lipinski definition) is 2. The van der Waals surface area contributed by atoms with Crippen LogP contribution in [0.15, 0.2) is 18.2 Å². The predicted octanol–water partition coefficient (Wildman–Crippen LogP) is 0.631. The quantitative estimate of drug-likeness (QED) is 0.747. The second kappa shape index (κ2) is 6.39. The maximum absolute atomic E-state index is 13.2. The first-order chi connectivity index (χ1) is 13.5. The molecule has 1 spiro atoms. The smallest absolute Gasteiger partial charge is 0.255 e. The molecule has 3 aliphatic heterocycles. The van der Waals surface area contributed by atoms with Crippen molar-refractivity contribution in [3.63, 3.8) is 0 Å². The van der Waals surface area contributed by atoms with Gasteiger partial charge in [0.2, 0.25) is 11.8 Å². The van der Waals surface area contributed by atoms with Gasteiger partial charge >= 0.3 is 0 Å². The molecule has 148 valence electrons. The largest absolute Gasteiger partial charge is 0.322 e. The van der Waals surface area contributed by atoms with Crippen molar-refractivity contribution in [1.29, 1.82) is 0 Å². The minimum Gasteiger partial charge on any atom is -0.322 e. The summed E-state index contributed by atoms with van der Waals surface area (Å²) in [5.41, 5.74) is 3.21. The van der Waals surface area contributed by atoms with Gasteiger partial charge in [-0.25, -0.2) is 0 Å². The van der Waals surface area contributed by atoms with Crippen molar-refractivity contribution in [2.75, 3.05) is 20.1 Å². The van der Waals surface area contributed by atoms with Gasteiger partial charge in [-0.15, -0.1) is 0 Å². The first kappa shape index (κ1) is 17.8. The molecule has 2 atom stereocenters. The molecule has 3 amide bonds. The lowest BCUT2D eigenvalue weighted by atomic mass is 10.0. The molecule has 7 heteroatoms. The monoisotopic (exact) mass is 382 g/mol. The summed E-state index contributed by atoms with van der Waals surface area (Å²) >= 11 is 0. The van der Waals surface area contributed by atoms with E-state index in [1.807, 2.05) is 25.2 Å². The fraction of sp³-hybridized carbons (Fsp3) is 0.571. The van der Waals surface area contributed by atoms with Crippen LogP contribution in [0, 0.1) is 5.41 Å². The lowest BCUT2D eigenvalue weighted by molar-refractivity contribution is -0.136. The average molecular weight is 382 g/mol. The highest BCUT2D eigenvalue weighted by Crippen LogP contribution is 2.53. The minimum atomic E-state index is -0.555. The zero-order valence-electron chi connectivity index (χ0n) is 16.2. The van der Waals surface area contributed by atoms with Crippen LogP contribution in [0.3, 0.4) is 0 Å². The summed E-state index contributed by atoms with van der Waals surface area (Å²) in [6.07, 6.45) is 3.25. The van der Waals surface area contributed by atoms with Gasteiger partial charge in [0.15, 0.2) is 0 Å². The second-order valence-corrected chi connectivity index (χ2v) is 8.72. The normalized spacial score (nSPS) is 28.8. The van der Waals surface area contributed by atoms with Gasteiger partial charge in [-0.3, -0.25) is 24.6 Å². The Morgan fingerprint density at radius 1 is 1.25 bits per heavy atom. The van der Waals surface area contributed by atoms with Crippen LogP contribution in [0.4, 0.5) is 0 Å². The topological polar surface area (TPSA) is 81.8 Å². The van der Waals surface area contributed by atoms with Gasteiger partial charge in [0, 0.05) is 44.2 Å². The van der Waals surface area contributed by atoms with Crippen molar-refractivity contribution >= 4 is 17.7 Å². The number of hydrogen-bond acceptors (Lipinski definition) is 5. The Labute approximate surface area is 164 Å². The highest BCUT2D eigenvalue weighted by molar-refractivity contribution is 6.05. The van der Waals surface area contributed by atoms with Crippen molar-refractivity contribution in [2.45, 2.75) is 50.9 Å². The molecule has 3 fully saturated rings. The third-order valence-corrected chi connectivity index (χ3v) is 6.99. The number of nitrogens with one attached hydrogen (secondary N) is 2. The number of carbonyl (C=O) groups is 3. The second-order valence-electron chi connectivity index (χ2n) is 8.72. The molecule has 28 heavy (non-hydrogen) atoms. The zero-order valence-corrected chi connectivity index (χ0v) is 16.2. The minimum absolute atomic E-state index is 0.0782. The Balaban J connectivity index is 1.36. The van der Waals surface area contributed by atoms with Crippen molar-refractivity contribution in [2.24, 2.45) is 5.41 Å². The molecular formula is C21H26N4O3. The molecule has 1 aromatic rings. The highest BCUT2D eigenvalue weighted by atomic mass is 16.2. The summed E-state index contributed by atoms with van der Waals surface area (Å²) in [5, 5.41) is 5.83. The standard InChI is InChI=1S/C21H26N4O3/c1-22-16-11-24(12-21(16)7-8-21)9-13-3-2-4-14-10-25(20(28)18(13)14)15-5-6-17(26)23-19(15)27/h2-4,15-16,22H,5-12H2,1H3,(H,23,26,27). The summed E-state index contributed by atoms with van der Waals surface area (Å²) in [4.78, 5) is 41.0. The highest BCUT2D eigenvalue weighted by Gasteiger charge is 2.54. The predicted molar refractivity (Wildman–Crippen MR) is 102 cm³/mol. The van der Waals surface area contributed by atoms with E-state index in [1.54, 1.807) is 4.90 Å². The molecule has 1 aliphatic carbocycles. The Kier molecular flexibility index (Phi) is 4.07. The van der Waals surface area contributed by atoms with E-state index in [9.17, 15) is 14.4 Å². The number of carbonyl (C=O) groups excluding carboxylic acids is 3. The Hall–Kier alpha value is -2.25. The van der Waals surface area contributed by atoms with Crippen LogP contribution < -0.4 is 10.6 Å². The van der Waals surface area contributed by atoms with E-state index in [2.05, 4.69) is 15.5 Å². The number of fused-ring (bicyclic) bond motifs is 1. The van der Waals surface area contributed by atoms with Crippen molar-refractivity contribution in [1.82, 2.24) is 20.4 Å². The number of piperidine rings is 1. The number of nitrogens with zero attached hydrogens (tertiary/aromatic N) is 2. The first-order valence-electron chi connectivity index (χ1n) is 10.2. The molecule has 0 radical (unpaired) electrons. The lowest BCUT2D eigenvalue weighted by Crippen LogP contribution is -2.52. The van der Waals surface area contributed by atoms with Gasteiger partial charge in [0.1, 0.15) is 6.04 Å². The fourth-order valence-electron chi connectivity index (χ4n) is 5.32. The third-order valence-electron chi connectivity index (χ3n) is 6.99. The molecule has 7 nitrogen and oxygen atoms in total. The van der Waals surface area contributed by atoms with Crippen LogP contribution in [0.5, 0.6) is 0 Å². The van der Waals surface area contributed by atoms with Crippen LogP contribution in [0.1, 0.15) is 47.2 Å². The molecule has 1 saturated carbocycles. The van der Waals surface area contributed by atoms with Crippen molar-refractivity contribution in [3.05, 3.63) is 34.9 Å². The lowest BCUT2D eigenvalue weighted by Gasteiger charge is -2.29. The maximum Gasteiger partial charge on any atom is 0.255 e. The SMILES string of the molecule is CNC1CN(Cc2cccc3c2C(=O)N(C2CCC(=O)NC2=O)C3)CC12CC2. The van der Waals surface area contributed by atoms with Gasteiger partial charge in [-0.1, -0.05) is 18.2 Å². The van der Waals surface area contributed by atoms with Crippen LogP contribution >= 0.6 is 0 Å². The maximum atomic E-state index is 13.2. The summed E-state index contributed by atoms with van der Waals surface area (Å²) < 4.78 is 0. The van der Waals surface area contributed by atoms with E-state index < -0.39 is 6.04 Å². The molecule has 3 heterocycles. The van der Waals surface area contributed by atoms with E-state index >= 15 is 0 Å². The summed E-state index contributed by atoms with van der Waals surface area (Å²) in [6.45, 7) is 3.29. The first-order valence-corrected chi connectivity index (χ1v) is 10.2. The zero-order chi connectivity index (χ0) is 19.5. The van der Waals surface area contributed by atoms with E-state index in [0.717, 1.165) is 36.3 Å². The number of rotatable bonds is 4. The summed E-state index contributed by atoms with van der Waals surface area (Å²) in [5.74, 6) is -0.690. The Morgan fingerprint density at radius 3 is 2.75 bits per heavy atom. The third kappa shape index (κ3) is 2.76. The number of imide groups is 1. The van der Waals surface area contributed by atoms with Crippen LogP contribution in [0.2, 0.25) is 0 Å². The molecule has 2 N–H and O–H groups in total. The number of likely N-dealkylation sites (tertiary alicyclic amines) is 1. The van der Waals surface area contributed by atoms with Crippen molar-refractivity contribution in [3.8, 4) is 0 Å². The molecule has 1 aromatic carbocycles. The van der Waals surface area contributed by atoms with Crippen molar-refractivity contribution < 1.29 is 14.4 Å². The van der Waals surface area contributed by atoms with Gasteiger partial charge < -0.3 is 10.2 Å². The molecule has 0 aromatic heterocycles. The van der Waals surface area contributed by atoms with E-state index in [1.165, 1.54) is 12.8 Å². The molecular weight excluding hydrogens is 356 g/mol. The van der Waals surface area contributed by atoms with E-state index in [4.69, 9.17) is 0 Å². The molecule has 5 rings (SSSR count). The van der Waals surface area contributed by atoms with Crippen LogP contribution in [-0.2, 0) is 22.7 Å². The van der Waals surface area contributed by atoms with Gasteiger partial charge in [-0.05, 0) is 42.9 Å². The average Bonchev–Trinajstić information content (AvgIpc) is 3.24. The summed E-state index contributed by atoms with van der Waals surface area (Å²) in [7, 11) is 2.04. The van der Waals surface area contributed by atoms with Gasteiger partial charge in [0.25, 0.3) is 5.91 Å². The van der Waals surface area contributed by atoms with E-state index in [-0.39, 0.29) is 24.1 Å². The van der Waals surface area contributed by atoms with E-state index in [0.29, 0.717) is 24.4 Å². The Morgan fingerprint density at radius 2 is 2.07 bits per heavy atom. The molecule has 4 aliphatic rings. The Bertz CT molecular complexity index is 863.